The number of unbranched alkanes of at least 4 members (excludes halogenated alkanes) is 4. The van der Waals surface area contributed by atoms with Crippen molar-refractivity contribution in [3.8, 4) is 0 Å². The Bertz CT molecular complexity index is 817. The van der Waals surface area contributed by atoms with E-state index in [-0.39, 0.29) is 29.9 Å². The Labute approximate surface area is 244 Å². The molecule has 0 heterocycles. The minimum absolute atomic E-state index is 0.0559. The Balaban J connectivity index is 4.78. The van der Waals surface area contributed by atoms with E-state index in [0.29, 0.717) is 19.3 Å². The molecule has 11 nitrogen and oxygen atoms in total. The number of carbonyl (C=O) groups is 5. The van der Waals surface area contributed by atoms with E-state index >= 15 is 0 Å². The number of aliphatic carboxylic acids is 2. The van der Waals surface area contributed by atoms with Gasteiger partial charge in [-0.15, -0.1) is 0 Å². The Kier molecular flexibility index (Phi) is 19.9. The number of ketones is 1. The van der Waals surface area contributed by atoms with Crippen molar-refractivity contribution in [1.82, 2.24) is 5.32 Å². The molecule has 5 N–H and O–H groups in total. The summed E-state index contributed by atoms with van der Waals surface area (Å²) in [4.78, 5) is 59.1. The van der Waals surface area contributed by atoms with Gasteiger partial charge in [0.15, 0.2) is 11.9 Å². The maximum absolute atomic E-state index is 13.1. The monoisotopic (exact) mass is 587 g/mol. The van der Waals surface area contributed by atoms with Crippen molar-refractivity contribution in [3.63, 3.8) is 0 Å². The first-order valence-electron chi connectivity index (χ1n) is 15.0. The normalized spacial score (nSPS) is 16.5. The van der Waals surface area contributed by atoms with Crippen LogP contribution in [0.25, 0.3) is 0 Å². The van der Waals surface area contributed by atoms with Crippen molar-refractivity contribution in [2.75, 3.05) is 0 Å². The highest BCUT2D eigenvalue weighted by Crippen LogP contribution is 2.23. The molecule has 7 atom stereocenters. The molecule has 0 aromatic rings. The molecule has 11 heteroatoms. The second-order valence-electron chi connectivity index (χ2n) is 11.5. The largest absolute Gasteiger partial charge is 0.481 e. The van der Waals surface area contributed by atoms with Crippen LogP contribution >= 0.6 is 0 Å². The molecular formula is C30H53NO10. The maximum atomic E-state index is 13.1. The Hall–Kier alpha value is -2.53. The molecule has 0 aliphatic carbocycles. The van der Waals surface area contributed by atoms with Gasteiger partial charge in [-0.05, 0) is 32.1 Å². The van der Waals surface area contributed by atoms with Crippen LogP contribution in [0.15, 0.2) is 0 Å². The Morgan fingerprint density at radius 3 is 1.95 bits per heavy atom. The minimum Gasteiger partial charge on any atom is -0.481 e. The number of Topliss-reactive ketones (excluding diaryl/α,β-unsaturated/α-hetero) is 1. The summed E-state index contributed by atoms with van der Waals surface area (Å²) in [5.74, 6) is -5.74. The zero-order chi connectivity index (χ0) is 31.5. The third kappa shape index (κ3) is 18.5. The number of carboxylic acid groups (broad SMARTS) is 2. The molecule has 0 aromatic carbocycles. The van der Waals surface area contributed by atoms with Crippen molar-refractivity contribution >= 4 is 29.6 Å². The number of hydrogen-bond acceptors (Lipinski definition) is 8. The molecule has 41 heavy (non-hydrogen) atoms. The fourth-order valence-electron chi connectivity index (χ4n) is 4.78. The van der Waals surface area contributed by atoms with Crippen LogP contribution in [-0.4, -0.2) is 74.4 Å². The van der Waals surface area contributed by atoms with Gasteiger partial charge in [-0.1, -0.05) is 65.7 Å². The SMILES string of the molecule is CCCC[C@H](C)C(=O)[C@H](C[C@H](C)CCCCCC[C@H](O)C[C@H](O)[C@H](C)NC(C)=O)OC(=O)C[C@H](CC(=O)O)C(=O)O. The van der Waals surface area contributed by atoms with Crippen molar-refractivity contribution in [1.29, 1.82) is 0 Å². The van der Waals surface area contributed by atoms with Gasteiger partial charge in [0.1, 0.15) is 0 Å². The number of aliphatic hydroxyl groups is 2. The van der Waals surface area contributed by atoms with Crippen LogP contribution in [0.5, 0.6) is 0 Å². The summed E-state index contributed by atoms with van der Waals surface area (Å²) in [6.45, 7) is 8.85. The fourth-order valence-corrected chi connectivity index (χ4v) is 4.78. The average Bonchev–Trinajstić information content (AvgIpc) is 2.87. The third-order valence-electron chi connectivity index (χ3n) is 7.37. The van der Waals surface area contributed by atoms with E-state index < -0.39 is 61.0 Å². The summed E-state index contributed by atoms with van der Waals surface area (Å²) in [6.07, 6.45) is 3.88. The molecule has 0 aliphatic rings. The Morgan fingerprint density at radius 2 is 1.41 bits per heavy atom. The molecule has 0 radical (unpaired) electrons. The molecule has 0 rings (SSSR count). The standard InChI is InChI=1S/C30H53NO10/c1-6-7-13-20(3)29(38)26(41-28(37)17-23(30(39)40)16-27(35)36)15-19(2)12-10-8-9-11-14-24(33)18-25(34)21(4)31-22(5)32/h19-21,23-26,33-34H,6-18H2,1-5H3,(H,31,32)(H,35,36)(H,39,40)/t19-,20+,21+,23+,24+,25+,26+/m1/s1. The molecule has 0 saturated heterocycles. The summed E-state index contributed by atoms with van der Waals surface area (Å²) >= 11 is 0. The van der Waals surface area contributed by atoms with E-state index in [0.717, 1.165) is 44.9 Å². The van der Waals surface area contributed by atoms with Crippen LogP contribution in [-0.2, 0) is 28.7 Å². The zero-order valence-electron chi connectivity index (χ0n) is 25.5. The van der Waals surface area contributed by atoms with E-state index in [1.807, 2.05) is 13.8 Å². The predicted octanol–water partition coefficient (Wildman–Crippen LogP) is 3.86. The van der Waals surface area contributed by atoms with Crippen molar-refractivity contribution in [2.45, 2.75) is 142 Å². The number of aliphatic hydroxyl groups excluding tert-OH is 2. The van der Waals surface area contributed by atoms with Crippen LogP contribution in [0.3, 0.4) is 0 Å². The molecule has 0 bridgehead atoms. The lowest BCUT2D eigenvalue weighted by Crippen LogP contribution is -2.41. The zero-order valence-corrected chi connectivity index (χ0v) is 25.5. The van der Waals surface area contributed by atoms with Crippen LogP contribution in [0.1, 0.15) is 118 Å². The lowest BCUT2D eigenvalue weighted by Gasteiger charge is -2.24. The van der Waals surface area contributed by atoms with E-state index in [1.54, 1.807) is 13.8 Å². The first-order chi connectivity index (χ1) is 19.2. The third-order valence-corrected chi connectivity index (χ3v) is 7.37. The molecule has 0 aromatic heterocycles. The summed E-state index contributed by atoms with van der Waals surface area (Å²) in [6, 6.07) is -0.434. The second-order valence-corrected chi connectivity index (χ2v) is 11.5. The van der Waals surface area contributed by atoms with Crippen molar-refractivity contribution in [3.05, 3.63) is 0 Å². The van der Waals surface area contributed by atoms with Gasteiger partial charge in [0.2, 0.25) is 5.91 Å². The van der Waals surface area contributed by atoms with Gasteiger partial charge in [0.25, 0.3) is 0 Å². The lowest BCUT2D eigenvalue weighted by atomic mass is 9.89. The second kappa shape index (κ2) is 21.2. The molecule has 0 fully saturated rings. The number of amides is 1. The fraction of sp³-hybridized carbons (Fsp3) is 0.833. The molecule has 0 unspecified atom stereocenters. The highest BCUT2D eigenvalue weighted by Gasteiger charge is 2.31. The van der Waals surface area contributed by atoms with Crippen LogP contribution in [0.4, 0.5) is 0 Å². The first-order valence-corrected chi connectivity index (χ1v) is 15.0. The van der Waals surface area contributed by atoms with Gasteiger partial charge >= 0.3 is 17.9 Å². The van der Waals surface area contributed by atoms with Gasteiger partial charge in [-0.25, -0.2) is 0 Å². The molecule has 1 amide bonds. The summed E-state index contributed by atoms with van der Waals surface area (Å²) < 4.78 is 5.47. The molecule has 0 saturated carbocycles. The first kappa shape index (κ1) is 38.5. The average molecular weight is 588 g/mol. The van der Waals surface area contributed by atoms with Gasteiger partial charge in [-0.2, -0.15) is 0 Å². The smallest absolute Gasteiger partial charge is 0.307 e. The number of esters is 1. The number of nitrogens with one attached hydrogen (secondary N) is 1. The Morgan fingerprint density at radius 1 is 0.805 bits per heavy atom. The van der Waals surface area contributed by atoms with Crippen molar-refractivity contribution in [2.24, 2.45) is 17.8 Å². The van der Waals surface area contributed by atoms with Gasteiger partial charge < -0.3 is 30.5 Å². The predicted molar refractivity (Wildman–Crippen MR) is 153 cm³/mol. The maximum Gasteiger partial charge on any atom is 0.307 e. The highest BCUT2D eigenvalue weighted by atomic mass is 16.5. The number of carbonyl (C=O) groups excluding carboxylic acids is 3. The topological polar surface area (TPSA) is 188 Å². The van der Waals surface area contributed by atoms with E-state index in [4.69, 9.17) is 9.84 Å². The quantitative estimate of drug-likeness (QED) is 0.0819. The number of rotatable bonds is 24. The highest BCUT2D eigenvalue weighted by molar-refractivity contribution is 5.88. The number of hydrogen-bond donors (Lipinski definition) is 5. The lowest BCUT2D eigenvalue weighted by molar-refractivity contribution is -0.161. The molecular weight excluding hydrogens is 534 g/mol. The number of ether oxygens (including phenoxy) is 1. The summed E-state index contributed by atoms with van der Waals surface area (Å²) in [5, 5.41) is 41.1. The van der Waals surface area contributed by atoms with E-state index in [2.05, 4.69) is 5.32 Å². The summed E-state index contributed by atoms with van der Waals surface area (Å²) in [7, 11) is 0. The molecule has 0 aliphatic heterocycles. The van der Waals surface area contributed by atoms with Crippen LogP contribution in [0, 0.1) is 17.8 Å². The minimum atomic E-state index is -1.42. The van der Waals surface area contributed by atoms with Gasteiger partial charge in [0.05, 0.1) is 37.0 Å². The van der Waals surface area contributed by atoms with E-state index in [1.165, 1.54) is 6.92 Å². The van der Waals surface area contributed by atoms with Crippen LogP contribution in [0.2, 0.25) is 0 Å². The van der Waals surface area contributed by atoms with Gasteiger partial charge in [0, 0.05) is 19.3 Å². The van der Waals surface area contributed by atoms with E-state index in [9.17, 15) is 39.3 Å². The van der Waals surface area contributed by atoms with Crippen LogP contribution < -0.4 is 5.32 Å². The van der Waals surface area contributed by atoms with Gasteiger partial charge in [-0.3, -0.25) is 24.0 Å². The van der Waals surface area contributed by atoms with Crippen molar-refractivity contribution < 1.29 is 49.1 Å². The molecule has 0 spiro atoms. The molecule has 238 valence electrons. The summed E-state index contributed by atoms with van der Waals surface area (Å²) in [5.41, 5.74) is 0. The number of carboxylic acids is 2.